The normalized spacial score (nSPS) is 24.5. The highest BCUT2D eigenvalue weighted by Gasteiger charge is 2.43. The topological polar surface area (TPSA) is 110 Å². The van der Waals surface area contributed by atoms with E-state index < -0.39 is 51.7 Å². The number of benzene rings is 1. The van der Waals surface area contributed by atoms with Gasteiger partial charge in [0, 0.05) is 44.8 Å². The van der Waals surface area contributed by atoms with Crippen LogP contribution in [0.4, 0.5) is 17.6 Å². The molecule has 14 heteroatoms. The average molecular weight is 537 g/mol. The standard InChI is InChI=1S/C22H28F4N4O5S/c23-18-9-16(22(24,25)26)6-5-14(18)10-27-20(32)19-4-2-8-30(19)21(33)15-3-1-7-28(11-15)36(34,35)29-12-17(31)13-29/h5-6,9,15,17,19,31H,1-4,7-8,10-13H2,(H,27,32)/t15-,19+/m0/s1. The SMILES string of the molecule is O=C(NCc1ccc(C(F)(F)F)cc1F)[C@H]1CCCN1C(=O)[C@H]1CCCN(S(=O)(=O)N2CC(O)C2)C1. The predicted octanol–water partition coefficient (Wildman–Crippen LogP) is 1.08. The molecule has 0 spiro atoms. The Morgan fingerprint density at radius 3 is 2.39 bits per heavy atom. The van der Waals surface area contributed by atoms with E-state index in [2.05, 4.69) is 5.32 Å². The minimum atomic E-state index is -4.68. The number of piperidine rings is 1. The molecule has 9 nitrogen and oxygen atoms in total. The maximum Gasteiger partial charge on any atom is 0.416 e. The second-order valence-electron chi connectivity index (χ2n) is 9.39. The first-order chi connectivity index (χ1) is 16.9. The van der Waals surface area contributed by atoms with Crippen molar-refractivity contribution in [3.63, 3.8) is 0 Å². The molecule has 0 aliphatic carbocycles. The summed E-state index contributed by atoms with van der Waals surface area (Å²) in [6, 6.07) is 1.24. The lowest BCUT2D eigenvalue weighted by Gasteiger charge is -2.41. The molecule has 2 amide bonds. The molecule has 1 aromatic rings. The summed E-state index contributed by atoms with van der Waals surface area (Å²) < 4.78 is 80.2. The molecule has 3 aliphatic rings. The third kappa shape index (κ3) is 5.50. The van der Waals surface area contributed by atoms with E-state index in [-0.39, 0.29) is 44.2 Å². The predicted molar refractivity (Wildman–Crippen MR) is 119 cm³/mol. The minimum Gasteiger partial charge on any atom is -0.390 e. The van der Waals surface area contributed by atoms with Crippen molar-refractivity contribution in [3.05, 3.63) is 35.1 Å². The third-order valence-corrected chi connectivity index (χ3v) is 8.82. The van der Waals surface area contributed by atoms with Gasteiger partial charge < -0.3 is 15.3 Å². The number of nitrogens with one attached hydrogen (secondary N) is 1. The van der Waals surface area contributed by atoms with Crippen LogP contribution in [0.5, 0.6) is 0 Å². The Labute approximate surface area is 206 Å². The van der Waals surface area contributed by atoms with E-state index in [4.69, 9.17) is 0 Å². The molecule has 4 rings (SSSR count). The number of β-amino-alcohol motifs (C(OH)–C–C–N with tert-alkyl or cyclic N) is 1. The number of likely N-dealkylation sites (tertiary alicyclic amines) is 1. The Morgan fingerprint density at radius 2 is 1.75 bits per heavy atom. The van der Waals surface area contributed by atoms with Crippen LogP contribution < -0.4 is 5.32 Å². The molecule has 0 radical (unpaired) electrons. The number of halogens is 4. The van der Waals surface area contributed by atoms with Crippen LogP contribution in [0.15, 0.2) is 18.2 Å². The number of carbonyl (C=O) groups excluding carboxylic acids is 2. The molecule has 3 saturated heterocycles. The van der Waals surface area contributed by atoms with Crippen LogP contribution in [-0.4, -0.2) is 83.7 Å². The second-order valence-corrected chi connectivity index (χ2v) is 11.3. The number of hydrogen-bond donors (Lipinski definition) is 2. The van der Waals surface area contributed by atoms with E-state index in [1.165, 1.54) is 9.21 Å². The van der Waals surface area contributed by atoms with Crippen molar-refractivity contribution >= 4 is 22.0 Å². The molecule has 3 heterocycles. The summed E-state index contributed by atoms with van der Waals surface area (Å²) >= 11 is 0. The molecule has 0 unspecified atom stereocenters. The number of aliphatic hydroxyl groups excluding tert-OH is 1. The summed E-state index contributed by atoms with van der Waals surface area (Å²) in [5.41, 5.74) is -1.24. The van der Waals surface area contributed by atoms with Gasteiger partial charge in [0.05, 0.1) is 17.6 Å². The average Bonchev–Trinajstić information content (AvgIpc) is 3.30. The minimum absolute atomic E-state index is 0.0185. The number of aliphatic hydroxyl groups is 1. The van der Waals surface area contributed by atoms with Crippen molar-refractivity contribution in [3.8, 4) is 0 Å². The maximum absolute atomic E-state index is 14.1. The molecule has 3 fully saturated rings. The molecule has 0 bridgehead atoms. The van der Waals surface area contributed by atoms with Crippen molar-refractivity contribution in [2.24, 2.45) is 5.92 Å². The molecule has 3 aliphatic heterocycles. The third-order valence-electron chi connectivity index (χ3n) is 6.89. The van der Waals surface area contributed by atoms with Gasteiger partial charge in [0.2, 0.25) is 11.8 Å². The van der Waals surface area contributed by atoms with Crippen LogP contribution in [-0.2, 0) is 32.5 Å². The van der Waals surface area contributed by atoms with Gasteiger partial charge in [-0.25, -0.2) is 4.39 Å². The van der Waals surface area contributed by atoms with Crippen LogP contribution in [0.2, 0.25) is 0 Å². The van der Waals surface area contributed by atoms with Gasteiger partial charge >= 0.3 is 6.18 Å². The van der Waals surface area contributed by atoms with E-state index >= 15 is 0 Å². The van der Waals surface area contributed by atoms with Crippen LogP contribution in [0, 0.1) is 11.7 Å². The van der Waals surface area contributed by atoms with Crippen molar-refractivity contribution in [1.29, 1.82) is 0 Å². The Kier molecular flexibility index (Phi) is 7.60. The molecule has 2 N–H and O–H groups in total. The van der Waals surface area contributed by atoms with Crippen molar-refractivity contribution in [1.82, 2.24) is 18.8 Å². The number of amides is 2. The zero-order valence-electron chi connectivity index (χ0n) is 19.4. The molecule has 200 valence electrons. The van der Waals surface area contributed by atoms with Gasteiger partial charge in [-0.3, -0.25) is 9.59 Å². The van der Waals surface area contributed by atoms with Crippen molar-refractivity contribution < 1.29 is 40.7 Å². The molecule has 0 saturated carbocycles. The Balaban J connectivity index is 1.36. The summed E-state index contributed by atoms with van der Waals surface area (Å²) in [6.45, 7) is 0.263. The van der Waals surface area contributed by atoms with Gasteiger partial charge in [0.1, 0.15) is 11.9 Å². The smallest absolute Gasteiger partial charge is 0.390 e. The van der Waals surface area contributed by atoms with Gasteiger partial charge in [-0.15, -0.1) is 0 Å². The summed E-state index contributed by atoms with van der Waals surface area (Å²) in [7, 11) is -3.78. The fourth-order valence-corrected chi connectivity index (χ4v) is 6.60. The van der Waals surface area contributed by atoms with E-state index in [0.717, 1.165) is 16.4 Å². The summed E-state index contributed by atoms with van der Waals surface area (Å²) in [6.07, 6.45) is -3.51. The quantitative estimate of drug-likeness (QED) is 0.529. The molecule has 0 aromatic heterocycles. The first kappa shape index (κ1) is 26.8. The largest absolute Gasteiger partial charge is 0.416 e. The Hall–Kier alpha value is -2.29. The van der Waals surface area contributed by atoms with Crippen LogP contribution in [0.1, 0.15) is 36.8 Å². The highest BCUT2D eigenvalue weighted by molar-refractivity contribution is 7.86. The summed E-state index contributed by atoms with van der Waals surface area (Å²) in [4.78, 5) is 27.5. The zero-order chi connectivity index (χ0) is 26.3. The molecular weight excluding hydrogens is 508 g/mol. The van der Waals surface area contributed by atoms with Gasteiger partial charge in [-0.2, -0.15) is 30.2 Å². The Morgan fingerprint density at radius 1 is 1.06 bits per heavy atom. The first-order valence-electron chi connectivity index (χ1n) is 11.7. The Bertz CT molecular complexity index is 1110. The van der Waals surface area contributed by atoms with E-state index in [9.17, 15) is 40.7 Å². The summed E-state index contributed by atoms with van der Waals surface area (Å²) in [5, 5.41) is 11.9. The van der Waals surface area contributed by atoms with Crippen LogP contribution in [0.25, 0.3) is 0 Å². The number of nitrogens with zero attached hydrogens (tertiary/aromatic N) is 3. The zero-order valence-corrected chi connectivity index (χ0v) is 20.2. The maximum atomic E-state index is 14.1. The monoisotopic (exact) mass is 536 g/mol. The van der Waals surface area contributed by atoms with Gasteiger partial charge in [-0.1, -0.05) is 6.07 Å². The molecule has 1 aromatic carbocycles. The van der Waals surface area contributed by atoms with E-state index in [1.54, 1.807) is 0 Å². The number of rotatable bonds is 6. The lowest BCUT2D eigenvalue weighted by molar-refractivity contribution is -0.142. The highest BCUT2D eigenvalue weighted by Crippen LogP contribution is 2.31. The van der Waals surface area contributed by atoms with E-state index in [0.29, 0.717) is 38.3 Å². The molecule has 36 heavy (non-hydrogen) atoms. The van der Waals surface area contributed by atoms with Crippen LogP contribution >= 0.6 is 0 Å². The van der Waals surface area contributed by atoms with E-state index in [1.807, 2.05) is 0 Å². The van der Waals surface area contributed by atoms with Gasteiger partial charge in [-0.05, 0) is 37.8 Å². The molecular formula is C22H28F4N4O5S. The molecule has 2 atom stereocenters. The second kappa shape index (κ2) is 10.2. The highest BCUT2D eigenvalue weighted by atomic mass is 32.2. The van der Waals surface area contributed by atoms with Crippen molar-refractivity contribution in [2.75, 3.05) is 32.7 Å². The fourth-order valence-electron chi connectivity index (χ4n) is 4.83. The number of alkyl halides is 3. The van der Waals surface area contributed by atoms with Gasteiger partial charge in [0.15, 0.2) is 0 Å². The lowest BCUT2D eigenvalue weighted by Crippen LogP contribution is -2.59. The lowest BCUT2D eigenvalue weighted by atomic mass is 9.97. The van der Waals surface area contributed by atoms with Crippen LogP contribution in [0.3, 0.4) is 0 Å². The summed E-state index contributed by atoms with van der Waals surface area (Å²) in [5.74, 6) is -2.60. The number of hydrogen-bond acceptors (Lipinski definition) is 5. The number of carbonyl (C=O) groups is 2. The van der Waals surface area contributed by atoms with Gasteiger partial charge in [0.25, 0.3) is 10.2 Å². The first-order valence-corrected chi connectivity index (χ1v) is 13.1. The fraction of sp³-hybridized carbons (Fsp3) is 0.636. The van der Waals surface area contributed by atoms with Crippen molar-refractivity contribution in [2.45, 2.75) is 50.6 Å².